The topological polar surface area (TPSA) is 35.5 Å². The molecule has 3 heteroatoms. The average Bonchev–Trinajstić information content (AvgIpc) is 2.84. The second-order valence-electron chi connectivity index (χ2n) is 4.52. The number of hydrogen-bond donors (Lipinski definition) is 0. The number of hydrogen-bond acceptors (Lipinski definition) is 3. The van der Waals surface area contributed by atoms with E-state index in [1.54, 1.807) is 5.57 Å². The molecule has 0 saturated heterocycles. The molecular formula is C12H18O3. The van der Waals surface area contributed by atoms with Gasteiger partial charge in [-0.1, -0.05) is 11.6 Å². The van der Waals surface area contributed by atoms with Crippen molar-refractivity contribution in [1.82, 2.24) is 0 Å². The van der Waals surface area contributed by atoms with Gasteiger partial charge in [0.25, 0.3) is 0 Å². The van der Waals surface area contributed by atoms with Crippen LogP contribution in [0.2, 0.25) is 0 Å². The number of rotatable bonds is 2. The van der Waals surface area contributed by atoms with Crippen molar-refractivity contribution in [2.75, 3.05) is 13.7 Å². The third-order valence-electron chi connectivity index (χ3n) is 3.82. The van der Waals surface area contributed by atoms with Crippen LogP contribution in [0.5, 0.6) is 0 Å². The van der Waals surface area contributed by atoms with Crippen LogP contribution in [0, 0.1) is 17.8 Å². The summed E-state index contributed by atoms with van der Waals surface area (Å²) in [6, 6.07) is 0. The van der Waals surface area contributed by atoms with Crippen LogP contribution in [0.25, 0.3) is 0 Å². The molecule has 2 fully saturated rings. The van der Waals surface area contributed by atoms with Gasteiger partial charge in [0.15, 0.2) is 0 Å². The lowest BCUT2D eigenvalue weighted by Crippen LogP contribution is -2.20. The minimum absolute atomic E-state index is 0.533. The molecule has 2 saturated carbocycles. The number of carbonyl (C=O) groups excluding carboxylic acids is 1. The Kier molecular flexibility index (Phi) is 2.98. The van der Waals surface area contributed by atoms with E-state index in [0.29, 0.717) is 12.5 Å². The van der Waals surface area contributed by atoms with Crippen LogP contribution in [-0.2, 0) is 9.47 Å². The van der Waals surface area contributed by atoms with Gasteiger partial charge < -0.3 is 9.47 Å². The van der Waals surface area contributed by atoms with Crippen LogP contribution in [0.1, 0.15) is 26.2 Å². The molecule has 2 bridgehead atoms. The number of methoxy groups -OCH3 is 1. The molecule has 0 radical (unpaired) electrons. The van der Waals surface area contributed by atoms with E-state index < -0.39 is 6.16 Å². The van der Waals surface area contributed by atoms with Gasteiger partial charge in [0.2, 0.25) is 0 Å². The zero-order valence-corrected chi connectivity index (χ0v) is 9.36. The lowest BCUT2D eigenvalue weighted by atomic mass is 9.86. The Labute approximate surface area is 90.4 Å². The normalized spacial score (nSPS) is 35.9. The zero-order chi connectivity index (χ0) is 10.8. The number of carbonyl (C=O) groups is 1. The van der Waals surface area contributed by atoms with E-state index in [9.17, 15) is 4.79 Å². The van der Waals surface area contributed by atoms with E-state index in [1.807, 2.05) is 0 Å². The molecule has 2 rings (SSSR count). The quantitative estimate of drug-likeness (QED) is 0.519. The van der Waals surface area contributed by atoms with Crippen molar-refractivity contribution in [2.45, 2.75) is 26.2 Å². The third-order valence-corrected chi connectivity index (χ3v) is 3.82. The van der Waals surface area contributed by atoms with Crippen LogP contribution in [0.3, 0.4) is 0 Å². The Balaban J connectivity index is 1.82. The summed E-state index contributed by atoms with van der Waals surface area (Å²) in [6.45, 7) is 2.65. The molecule has 0 aromatic heterocycles. The Morgan fingerprint density at radius 3 is 2.87 bits per heavy atom. The van der Waals surface area contributed by atoms with E-state index in [1.165, 1.54) is 26.4 Å². The monoisotopic (exact) mass is 210 g/mol. The lowest BCUT2D eigenvalue weighted by molar-refractivity contribution is 0.0532. The molecule has 3 nitrogen and oxygen atoms in total. The van der Waals surface area contributed by atoms with Crippen LogP contribution in [-0.4, -0.2) is 19.9 Å². The summed E-state index contributed by atoms with van der Waals surface area (Å²) in [5.74, 6) is 2.04. The van der Waals surface area contributed by atoms with Crippen molar-refractivity contribution < 1.29 is 14.3 Å². The maximum atomic E-state index is 10.8. The molecule has 0 spiro atoms. The van der Waals surface area contributed by atoms with Gasteiger partial charge in [-0.05, 0) is 43.9 Å². The van der Waals surface area contributed by atoms with Crippen molar-refractivity contribution in [3.63, 3.8) is 0 Å². The highest BCUT2D eigenvalue weighted by Gasteiger charge is 2.42. The van der Waals surface area contributed by atoms with Crippen LogP contribution in [0.4, 0.5) is 4.79 Å². The number of allylic oxidation sites excluding steroid dienone is 2. The van der Waals surface area contributed by atoms with Crippen molar-refractivity contribution >= 4 is 6.16 Å². The second kappa shape index (κ2) is 4.25. The van der Waals surface area contributed by atoms with Gasteiger partial charge in [0, 0.05) is 0 Å². The predicted molar refractivity (Wildman–Crippen MR) is 56.4 cm³/mol. The summed E-state index contributed by atoms with van der Waals surface area (Å²) in [6.07, 6.45) is 5.37. The van der Waals surface area contributed by atoms with Gasteiger partial charge in [0.1, 0.15) is 0 Å². The zero-order valence-electron chi connectivity index (χ0n) is 9.36. The number of ether oxygens (including phenoxy) is 2. The van der Waals surface area contributed by atoms with E-state index in [4.69, 9.17) is 4.74 Å². The summed E-state index contributed by atoms with van der Waals surface area (Å²) >= 11 is 0. The first-order valence-electron chi connectivity index (χ1n) is 5.60. The SMILES string of the molecule is CC=C1CC2CC1CC2COC(=O)OC. The van der Waals surface area contributed by atoms with E-state index >= 15 is 0 Å². The fraction of sp³-hybridized carbons (Fsp3) is 0.750. The third kappa shape index (κ3) is 2.01. The van der Waals surface area contributed by atoms with E-state index in [2.05, 4.69) is 17.7 Å². The average molecular weight is 210 g/mol. The Morgan fingerprint density at radius 1 is 1.53 bits per heavy atom. The molecule has 84 valence electrons. The molecule has 3 unspecified atom stereocenters. The molecule has 0 aromatic rings. The van der Waals surface area contributed by atoms with Gasteiger partial charge in [-0.3, -0.25) is 0 Å². The second-order valence-corrected chi connectivity index (χ2v) is 4.52. The summed E-state index contributed by atoms with van der Waals surface area (Å²) in [4.78, 5) is 10.8. The first kappa shape index (κ1) is 10.5. The van der Waals surface area contributed by atoms with Gasteiger partial charge in [-0.15, -0.1) is 0 Å². The molecule has 0 heterocycles. The Hall–Kier alpha value is -0.990. The van der Waals surface area contributed by atoms with E-state index in [-0.39, 0.29) is 0 Å². The van der Waals surface area contributed by atoms with E-state index in [0.717, 1.165) is 11.8 Å². The lowest BCUT2D eigenvalue weighted by Gasteiger charge is -2.22. The maximum Gasteiger partial charge on any atom is 0.507 e. The van der Waals surface area contributed by atoms with Crippen LogP contribution >= 0.6 is 0 Å². The summed E-state index contributed by atoms with van der Waals surface area (Å²) in [7, 11) is 1.35. The molecule has 2 aliphatic carbocycles. The fourth-order valence-corrected chi connectivity index (χ4v) is 3.03. The van der Waals surface area contributed by atoms with Crippen molar-refractivity contribution in [2.24, 2.45) is 17.8 Å². The van der Waals surface area contributed by atoms with Gasteiger partial charge in [0.05, 0.1) is 13.7 Å². The molecule has 2 aliphatic rings. The summed E-state index contributed by atoms with van der Waals surface area (Å²) < 4.78 is 9.48. The molecule has 0 amide bonds. The van der Waals surface area contributed by atoms with Crippen LogP contribution < -0.4 is 0 Å². The minimum Gasteiger partial charge on any atom is -0.438 e. The van der Waals surface area contributed by atoms with Gasteiger partial charge >= 0.3 is 6.16 Å². The largest absolute Gasteiger partial charge is 0.507 e. The number of fused-ring (bicyclic) bond motifs is 2. The van der Waals surface area contributed by atoms with Crippen molar-refractivity contribution in [3.05, 3.63) is 11.6 Å². The standard InChI is InChI=1S/C12H18O3/c1-3-8-4-10-5-9(8)6-11(10)7-15-12(13)14-2/h3,9-11H,4-7H2,1-2H3. The highest BCUT2D eigenvalue weighted by molar-refractivity contribution is 5.59. The van der Waals surface area contributed by atoms with Crippen LogP contribution in [0.15, 0.2) is 11.6 Å². The molecule has 0 aromatic carbocycles. The molecule has 15 heavy (non-hydrogen) atoms. The van der Waals surface area contributed by atoms with Gasteiger partial charge in [-0.2, -0.15) is 0 Å². The first-order chi connectivity index (χ1) is 7.24. The molecule has 0 aliphatic heterocycles. The Bertz CT molecular complexity index is 283. The molecule has 0 N–H and O–H groups in total. The highest BCUT2D eigenvalue weighted by atomic mass is 16.7. The van der Waals surface area contributed by atoms with Crippen molar-refractivity contribution in [1.29, 1.82) is 0 Å². The minimum atomic E-state index is -0.552. The summed E-state index contributed by atoms with van der Waals surface area (Å²) in [5.41, 5.74) is 1.61. The fourth-order valence-electron chi connectivity index (χ4n) is 3.03. The molecule has 3 atom stereocenters. The smallest absolute Gasteiger partial charge is 0.438 e. The van der Waals surface area contributed by atoms with Gasteiger partial charge in [-0.25, -0.2) is 4.79 Å². The molecular weight excluding hydrogens is 192 g/mol. The maximum absolute atomic E-state index is 10.8. The Morgan fingerprint density at radius 2 is 2.33 bits per heavy atom. The first-order valence-corrected chi connectivity index (χ1v) is 5.60. The van der Waals surface area contributed by atoms with Crippen molar-refractivity contribution in [3.8, 4) is 0 Å². The highest BCUT2D eigenvalue weighted by Crippen LogP contribution is 2.51. The summed E-state index contributed by atoms with van der Waals surface area (Å²) in [5, 5.41) is 0. The predicted octanol–water partition coefficient (Wildman–Crippen LogP) is 2.76.